The Balaban J connectivity index is 1.41. The maximum atomic E-state index is 12.4. The predicted octanol–water partition coefficient (Wildman–Crippen LogP) is 3.55. The number of carbonyl (C=O) groups excluding carboxylic acids is 1. The van der Waals surface area contributed by atoms with Crippen LogP contribution in [0.1, 0.15) is 40.2 Å². The van der Waals surface area contributed by atoms with Crippen LogP contribution in [-0.4, -0.2) is 23.2 Å². The van der Waals surface area contributed by atoms with Crippen molar-refractivity contribution in [3.8, 4) is 17.1 Å². The lowest BCUT2D eigenvalue weighted by molar-refractivity contribution is 0.0946. The molecule has 0 saturated heterocycles. The van der Waals surface area contributed by atoms with Crippen LogP contribution in [0.25, 0.3) is 11.4 Å². The normalized spacial score (nSPS) is 13.1. The van der Waals surface area contributed by atoms with E-state index < -0.39 is 0 Å². The molecular formula is C21H21N3O3. The molecule has 0 fully saturated rings. The molecule has 0 aliphatic heterocycles. The zero-order chi connectivity index (χ0) is 18.6. The number of nitrogens with one attached hydrogen (secondary N) is 1. The van der Waals surface area contributed by atoms with Crippen molar-refractivity contribution < 1.29 is 14.1 Å². The summed E-state index contributed by atoms with van der Waals surface area (Å²) in [5.41, 5.74) is 4.11. The number of aryl methyl sites for hydroxylation is 2. The first-order chi connectivity index (χ1) is 13.2. The van der Waals surface area contributed by atoms with E-state index in [0.29, 0.717) is 17.3 Å². The summed E-state index contributed by atoms with van der Waals surface area (Å²) in [7, 11) is 1.61. The molecule has 0 radical (unpaired) electrons. The quantitative estimate of drug-likeness (QED) is 0.750. The van der Waals surface area contributed by atoms with E-state index in [-0.39, 0.29) is 12.5 Å². The van der Waals surface area contributed by atoms with Gasteiger partial charge in [-0.1, -0.05) is 23.4 Å². The molecule has 0 bridgehead atoms. The number of ether oxygens (including phenoxy) is 1. The van der Waals surface area contributed by atoms with Crippen LogP contribution in [-0.2, 0) is 19.4 Å². The van der Waals surface area contributed by atoms with Crippen LogP contribution in [0.5, 0.6) is 5.75 Å². The lowest BCUT2D eigenvalue weighted by Crippen LogP contribution is -2.23. The molecular weight excluding hydrogens is 342 g/mol. The molecule has 6 heteroatoms. The second-order valence-corrected chi connectivity index (χ2v) is 6.62. The summed E-state index contributed by atoms with van der Waals surface area (Å²) < 4.78 is 10.5. The summed E-state index contributed by atoms with van der Waals surface area (Å²) in [6.45, 7) is 0.187. The Labute approximate surface area is 157 Å². The first kappa shape index (κ1) is 17.3. The first-order valence-electron chi connectivity index (χ1n) is 9.10. The molecule has 0 saturated carbocycles. The molecule has 0 atom stereocenters. The van der Waals surface area contributed by atoms with Crippen LogP contribution in [0.2, 0.25) is 0 Å². The fraction of sp³-hybridized carbons (Fsp3) is 0.286. The number of carbonyl (C=O) groups is 1. The van der Waals surface area contributed by atoms with Crippen LogP contribution in [0.3, 0.4) is 0 Å². The number of methoxy groups -OCH3 is 1. The monoisotopic (exact) mass is 363 g/mol. The Morgan fingerprint density at radius 2 is 2.00 bits per heavy atom. The highest BCUT2D eigenvalue weighted by atomic mass is 16.5. The molecule has 1 amide bonds. The fourth-order valence-electron chi connectivity index (χ4n) is 3.34. The topological polar surface area (TPSA) is 77.3 Å². The van der Waals surface area contributed by atoms with Crippen LogP contribution in [0.4, 0.5) is 0 Å². The molecule has 4 rings (SSSR count). The number of benzene rings is 2. The van der Waals surface area contributed by atoms with Gasteiger partial charge < -0.3 is 14.6 Å². The Morgan fingerprint density at radius 1 is 1.15 bits per heavy atom. The van der Waals surface area contributed by atoms with Crippen molar-refractivity contribution in [2.75, 3.05) is 7.11 Å². The fourth-order valence-corrected chi connectivity index (χ4v) is 3.34. The Hall–Kier alpha value is -3.15. The molecule has 1 aromatic heterocycles. The van der Waals surface area contributed by atoms with Crippen LogP contribution < -0.4 is 10.1 Å². The van der Waals surface area contributed by atoms with Crippen LogP contribution >= 0.6 is 0 Å². The largest absolute Gasteiger partial charge is 0.497 e. The third-order valence-corrected chi connectivity index (χ3v) is 4.81. The van der Waals surface area contributed by atoms with E-state index in [9.17, 15) is 4.79 Å². The molecule has 1 aliphatic carbocycles. The Morgan fingerprint density at radius 3 is 2.85 bits per heavy atom. The predicted molar refractivity (Wildman–Crippen MR) is 101 cm³/mol. The number of rotatable bonds is 5. The summed E-state index contributed by atoms with van der Waals surface area (Å²) in [5.74, 6) is 1.41. The van der Waals surface area contributed by atoms with Gasteiger partial charge >= 0.3 is 0 Å². The summed E-state index contributed by atoms with van der Waals surface area (Å²) in [5, 5.41) is 6.83. The highest BCUT2D eigenvalue weighted by Crippen LogP contribution is 2.23. The van der Waals surface area contributed by atoms with Crippen LogP contribution in [0.15, 0.2) is 47.0 Å². The second-order valence-electron chi connectivity index (χ2n) is 6.62. The number of fused-ring (bicyclic) bond motifs is 1. The number of aromatic nitrogens is 2. The van der Waals surface area contributed by atoms with Crippen LogP contribution in [0, 0.1) is 0 Å². The van der Waals surface area contributed by atoms with Crippen molar-refractivity contribution in [2.24, 2.45) is 0 Å². The maximum absolute atomic E-state index is 12.4. The highest BCUT2D eigenvalue weighted by Gasteiger charge is 2.14. The summed E-state index contributed by atoms with van der Waals surface area (Å²) >= 11 is 0. The van der Waals surface area contributed by atoms with Crippen molar-refractivity contribution >= 4 is 5.91 Å². The third-order valence-electron chi connectivity index (χ3n) is 4.81. The van der Waals surface area contributed by atoms with Crippen molar-refractivity contribution in [3.63, 3.8) is 0 Å². The number of hydrogen-bond donors (Lipinski definition) is 1. The van der Waals surface area contributed by atoms with Gasteiger partial charge in [-0.25, -0.2) is 0 Å². The van der Waals surface area contributed by atoms with Gasteiger partial charge in [0.15, 0.2) is 0 Å². The molecule has 3 aromatic rings. The minimum Gasteiger partial charge on any atom is -0.497 e. The molecule has 138 valence electrons. The van der Waals surface area contributed by atoms with E-state index in [0.717, 1.165) is 24.2 Å². The standard InChI is InChI=1S/C21H21N3O3/c1-26-18-8-4-7-16(12-18)20-23-19(27-24-20)13-22-21(25)17-10-9-14-5-2-3-6-15(14)11-17/h4,7-12H,2-3,5-6,13H2,1H3,(H,22,25). The third kappa shape index (κ3) is 3.84. The van der Waals surface area contributed by atoms with E-state index >= 15 is 0 Å². The Bertz CT molecular complexity index is 965. The van der Waals surface area contributed by atoms with E-state index in [2.05, 4.69) is 21.5 Å². The Kier molecular flexibility index (Phi) is 4.87. The summed E-state index contributed by atoms with van der Waals surface area (Å²) in [6.07, 6.45) is 4.56. The van der Waals surface area contributed by atoms with Crippen molar-refractivity contribution in [3.05, 3.63) is 65.0 Å². The van der Waals surface area contributed by atoms with Gasteiger partial charge in [-0.05, 0) is 61.1 Å². The lowest BCUT2D eigenvalue weighted by atomic mass is 9.90. The number of amides is 1. The first-order valence-corrected chi connectivity index (χ1v) is 9.10. The van der Waals surface area contributed by atoms with Crippen molar-refractivity contribution in [1.82, 2.24) is 15.5 Å². The van der Waals surface area contributed by atoms with Gasteiger partial charge in [-0.15, -0.1) is 0 Å². The summed E-state index contributed by atoms with van der Waals surface area (Å²) in [6, 6.07) is 13.4. The van der Waals surface area contributed by atoms with Gasteiger partial charge in [0.2, 0.25) is 11.7 Å². The van der Waals surface area contributed by atoms with Gasteiger partial charge in [0.05, 0.1) is 13.7 Å². The van der Waals surface area contributed by atoms with Gasteiger partial charge in [0.1, 0.15) is 5.75 Å². The molecule has 2 aromatic carbocycles. The number of nitrogens with zero attached hydrogens (tertiary/aromatic N) is 2. The maximum Gasteiger partial charge on any atom is 0.251 e. The second kappa shape index (κ2) is 7.61. The van der Waals surface area contributed by atoms with E-state index in [4.69, 9.17) is 9.26 Å². The molecule has 1 N–H and O–H groups in total. The average Bonchev–Trinajstić information content (AvgIpc) is 3.21. The minimum absolute atomic E-state index is 0.135. The molecule has 0 spiro atoms. The SMILES string of the molecule is COc1cccc(-c2noc(CNC(=O)c3ccc4c(c3)CCCC4)n2)c1. The molecule has 6 nitrogen and oxygen atoms in total. The minimum atomic E-state index is -0.135. The zero-order valence-corrected chi connectivity index (χ0v) is 15.2. The number of hydrogen-bond acceptors (Lipinski definition) is 5. The van der Waals surface area contributed by atoms with Crippen molar-refractivity contribution in [1.29, 1.82) is 0 Å². The van der Waals surface area contributed by atoms with Gasteiger partial charge in [-0.3, -0.25) is 4.79 Å². The van der Waals surface area contributed by atoms with Crippen molar-refractivity contribution in [2.45, 2.75) is 32.2 Å². The van der Waals surface area contributed by atoms with E-state index in [1.165, 1.54) is 24.0 Å². The zero-order valence-electron chi connectivity index (χ0n) is 15.2. The lowest BCUT2D eigenvalue weighted by Gasteiger charge is -2.16. The van der Waals surface area contributed by atoms with E-state index in [1.807, 2.05) is 36.4 Å². The van der Waals surface area contributed by atoms with E-state index in [1.54, 1.807) is 7.11 Å². The molecule has 1 heterocycles. The van der Waals surface area contributed by atoms with Gasteiger partial charge in [-0.2, -0.15) is 4.98 Å². The molecule has 0 unspecified atom stereocenters. The molecule has 1 aliphatic rings. The smallest absolute Gasteiger partial charge is 0.251 e. The summed E-state index contributed by atoms with van der Waals surface area (Å²) in [4.78, 5) is 16.8. The van der Waals surface area contributed by atoms with Gasteiger partial charge in [0.25, 0.3) is 5.91 Å². The molecule has 27 heavy (non-hydrogen) atoms. The van der Waals surface area contributed by atoms with Gasteiger partial charge in [0, 0.05) is 11.1 Å². The average molecular weight is 363 g/mol. The highest BCUT2D eigenvalue weighted by molar-refractivity contribution is 5.94.